The molecule has 0 radical (unpaired) electrons. The molecule has 2 aromatic rings. The summed E-state index contributed by atoms with van der Waals surface area (Å²) in [7, 11) is 0. The number of carbonyl (C=O) groups excluding carboxylic acids is 1. The number of nitrogens with one attached hydrogen (secondary N) is 1. The SMILES string of the molecule is Cc1ccccc1CC(CNC(=O)c1ccoc1)C(=O)O. The van der Waals surface area contributed by atoms with Gasteiger partial charge in [0.1, 0.15) is 6.26 Å². The van der Waals surface area contributed by atoms with E-state index >= 15 is 0 Å². The van der Waals surface area contributed by atoms with Gasteiger partial charge < -0.3 is 14.8 Å². The van der Waals surface area contributed by atoms with Crippen molar-refractivity contribution >= 4 is 11.9 Å². The van der Waals surface area contributed by atoms with Crippen molar-refractivity contribution in [3.63, 3.8) is 0 Å². The van der Waals surface area contributed by atoms with Gasteiger partial charge in [-0.2, -0.15) is 0 Å². The highest BCUT2D eigenvalue weighted by Gasteiger charge is 2.20. The standard InChI is InChI=1S/C16H17NO4/c1-11-4-2-3-5-12(11)8-14(16(19)20)9-17-15(18)13-6-7-21-10-13/h2-7,10,14H,8-9H2,1H3,(H,17,18)(H,19,20). The zero-order valence-corrected chi connectivity index (χ0v) is 11.7. The molecule has 0 saturated carbocycles. The molecule has 2 N–H and O–H groups in total. The Kier molecular flexibility index (Phi) is 4.77. The minimum absolute atomic E-state index is 0.0771. The lowest BCUT2D eigenvalue weighted by Crippen LogP contribution is -2.34. The molecule has 0 aliphatic carbocycles. The Morgan fingerprint density at radius 3 is 2.67 bits per heavy atom. The van der Waals surface area contributed by atoms with Gasteiger partial charge in [0.25, 0.3) is 5.91 Å². The predicted molar refractivity (Wildman–Crippen MR) is 77.1 cm³/mol. The largest absolute Gasteiger partial charge is 0.481 e. The van der Waals surface area contributed by atoms with Crippen LogP contribution >= 0.6 is 0 Å². The molecule has 0 saturated heterocycles. The molecule has 0 spiro atoms. The van der Waals surface area contributed by atoms with Gasteiger partial charge >= 0.3 is 5.97 Å². The second kappa shape index (κ2) is 6.74. The Balaban J connectivity index is 1.98. The maximum absolute atomic E-state index is 11.8. The van der Waals surface area contributed by atoms with E-state index in [2.05, 4.69) is 5.32 Å². The number of carboxylic acid groups (broad SMARTS) is 1. The van der Waals surface area contributed by atoms with Crippen molar-refractivity contribution in [2.45, 2.75) is 13.3 Å². The summed E-state index contributed by atoms with van der Waals surface area (Å²) in [6, 6.07) is 9.18. The van der Waals surface area contributed by atoms with Crippen molar-refractivity contribution in [1.29, 1.82) is 0 Å². The van der Waals surface area contributed by atoms with Crippen molar-refractivity contribution < 1.29 is 19.1 Å². The number of carbonyl (C=O) groups is 2. The molecule has 1 heterocycles. The Morgan fingerprint density at radius 2 is 2.05 bits per heavy atom. The molecule has 0 aliphatic rings. The van der Waals surface area contributed by atoms with Crippen molar-refractivity contribution in [3.8, 4) is 0 Å². The van der Waals surface area contributed by atoms with E-state index in [9.17, 15) is 14.7 Å². The number of hydrogen-bond acceptors (Lipinski definition) is 3. The van der Waals surface area contributed by atoms with Crippen LogP contribution in [-0.4, -0.2) is 23.5 Å². The highest BCUT2D eigenvalue weighted by Crippen LogP contribution is 2.13. The number of rotatable bonds is 6. The van der Waals surface area contributed by atoms with E-state index < -0.39 is 11.9 Å². The van der Waals surface area contributed by atoms with Crippen molar-refractivity contribution in [2.24, 2.45) is 5.92 Å². The summed E-state index contributed by atoms with van der Waals surface area (Å²) >= 11 is 0. The average molecular weight is 287 g/mol. The van der Waals surface area contributed by atoms with E-state index in [1.165, 1.54) is 18.6 Å². The Morgan fingerprint density at radius 1 is 1.29 bits per heavy atom. The molecule has 1 unspecified atom stereocenters. The van der Waals surface area contributed by atoms with E-state index in [0.717, 1.165) is 11.1 Å². The molecule has 1 atom stereocenters. The molecule has 1 amide bonds. The maximum Gasteiger partial charge on any atom is 0.308 e. The number of benzene rings is 1. The van der Waals surface area contributed by atoms with Gasteiger partial charge in [-0.05, 0) is 30.5 Å². The molecule has 0 fully saturated rings. The molecule has 110 valence electrons. The van der Waals surface area contributed by atoms with Crippen LogP contribution in [0.3, 0.4) is 0 Å². The summed E-state index contributed by atoms with van der Waals surface area (Å²) < 4.78 is 4.82. The van der Waals surface area contributed by atoms with Crippen LogP contribution in [0.2, 0.25) is 0 Å². The lowest BCUT2D eigenvalue weighted by Gasteiger charge is -2.14. The zero-order chi connectivity index (χ0) is 15.2. The van der Waals surface area contributed by atoms with Crippen molar-refractivity contribution in [2.75, 3.05) is 6.54 Å². The summed E-state index contributed by atoms with van der Waals surface area (Å²) in [5.41, 5.74) is 2.41. The van der Waals surface area contributed by atoms with Gasteiger partial charge in [-0.1, -0.05) is 24.3 Å². The number of hydrogen-bond donors (Lipinski definition) is 2. The fourth-order valence-electron chi connectivity index (χ4n) is 2.06. The van der Waals surface area contributed by atoms with E-state index in [0.29, 0.717) is 12.0 Å². The average Bonchev–Trinajstić information content (AvgIpc) is 2.99. The Bertz CT molecular complexity index is 619. The first kappa shape index (κ1) is 14.8. The lowest BCUT2D eigenvalue weighted by molar-refractivity contribution is -0.141. The molecule has 2 rings (SSSR count). The van der Waals surface area contributed by atoms with Crippen LogP contribution in [0, 0.1) is 12.8 Å². The van der Waals surface area contributed by atoms with Gasteiger partial charge in [0.05, 0.1) is 17.7 Å². The summed E-state index contributed by atoms with van der Waals surface area (Å²) in [5, 5.41) is 11.9. The maximum atomic E-state index is 11.8. The van der Waals surface area contributed by atoms with Crippen LogP contribution in [0.4, 0.5) is 0 Å². The molecule has 0 aliphatic heterocycles. The second-order valence-electron chi connectivity index (χ2n) is 4.89. The van der Waals surface area contributed by atoms with Crippen LogP contribution in [0.5, 0.6) is 0 Å². The van der Waals surface area contributed by atoms with E-state index in [1.807, 2.05) is 31.2 Å². The van der Waals surface area contributed by atoms with Crippen LogP contribution in [0.25, 0.3) is 0 Å². The van der Waals surface area contributed by atoms with Gasteiger partial charge in [-0.25, -0.2) is 0 Å². The molecule has 1 aromatic heterocycles. The van der Waals surface area contributed by atoms with Gasteiger partial charge in [0, 0.05) is 6.54 Å². The molecule has 1 aromatic carbocycles. The predicted octanol–water partition coefficient (Wildman–Crippen LogP) is 2.26. The minimum Gasteiger partial charge on any atom is -0.481 e. The third-order valence-electron chi connectivity index (χ3n) is 3.37. The minimum atomic E-state index is -0.925. The van der Waals surface area contributed by atoms with Gasteiger partial charge in [-0.15, -0.1) is 0 Å². The third kappa shape index (κ3) is 3.95. The highest BCUT2D eigenvalue weighted by atomic mass is 16.4. The molecular formula is C16H17NO4. The molecule has 21 heavy (non-hydrogen) atoms. The lowest BCUT2D eigenvalue weighted by atomic mass is 9.96. The number of aliphatic carboxylic acids is 1. The quantitative estimate of drug-likeness (QED) is 0.854. The summed E-state index contributed by atoms with van der Waals surface area (Å²) in [6.07, 6.45) is 3.11. The zero-order valence-electron chi connectivity index (χ0n) is 11.7. The normalized spacial score (nSPS) is 11.9. The van der Waals surface area contributed by atoms with Crippen molar-refractivity contribution in [1.82, 2.24) is 5.32 Å². The smallest absolute Gasteiger partial charge is 0.308 e. The molecule has 5 heteroatoms. The van der Waals surface area contributed by atoms with Crippen LogP contribution < -0.4 is 5.32 Å². The van der Waals surface area contributed by atoms with E-state index in [1.54, 1.807) is 0 Å². The topological polar surface area (TPSA) is 79.5 Å². The summed E-state index contributed by atoms with van der Waals surface area (Å²) in [5.74, 6) is -1.92. The number of carboxylic acids is 1. The van der Waals surface area contributed by atoms with Gasteiger partial charge in [0.2, 0.25) is 0 Å². The first-order valence-corrected chi connectivity index (χ1v) is 6.65. The van der Waals surface area contributed by atoms with E-state index in [4.69, 9.17) is 4.42 Å². The second-order valence-corrected chi connectivity index (χ2v) is 4.89. The number of furan rings is 1. The third-order valence-corrected chi connectivity index (χ3v) is 3.37. The monoisotopic (exact) mass is 287 g/mol. The fourth-order valence-corrected chi connectivity index (χ4v) is 2.06. The molecule has 0 bridgehead atoms. The molecule has 5 nitrogen and oxygen atoms in total. The Labute approximate surface area is 122 Å². The fraction of sp³-hybridized carbons (Fsp3) is 0.250. The first-order valence-electron chi connectivity index (χ1n) is 6.65. The summed E-state index contributed by atoms with van der Waals surface area (Å²) in [4.78, 5) is 23.1. The molecular weight excluding hydrogens is 270 g/mol. The summed E-state index contributed by atoms with van der Waals surface area (Å²) in [6.45, 7) is 2.02. The highest BCUT2D eigenvalue weighted by molar-refractivity contribution is 5.93. The van der Waals surface area contributed by atoms with Gasteiger partial charge in [-0.3, -0.25) is 9.59 Å². The van der Waals surface area contributed by atoms with Crippen LogP contribution in [0.1, 0.15) is 21.5 Å². The van der Waals surface area contributed by atoms with Crippen molar-refractivity contribution in [3.05, 3.63) is 59.5 Å². The number of aryl methyl sites for hydroxylation is 1. The van der Waals surface area contributed by atoms with Crippen LogP contribution in [-0.2, 0) is 11.2 Å². The van der Waals surface area contributed by atoms with Crippen LogP contribution in [0.15, 0.2) is 47.3 Å². The Hall–Kier alpha value is -2.56. The first-order chi connectivity index (χ1) is 10.1. The van der Waals surface area contributed by atoms with Gasteiger partial charge in [0.15, 0.2) is 0 Å². The van der Waals surface area contributed by atoms with E-state index in [-0.39, 0.29) is 12.5 Å². The number of amides is 1.